The fourth-order valence-corrected chi connectivity index (χ4v) is 6.43. The highest BCUT2D eigenvalue weighted by Crippen LogP contribution is 2.40. The van der Waals surface area contributed by atoms with Gasteiger partial charge >= 0.3 is 12.4 Å². The molecule has 2 atom stereocenters. The Bertz CT molecular complexity index is 1130. The number of aliphatic imine (C=N–C) groups is 2. The molecule has 2 nitrogen and oxygen atoms in total. The van der Waals surface area contributed by atoms with Crippen molar-refractivity contribution in [2.45, 2.75) is 111 Å². The van der Waals surface area contributed by atoms with Crippen molar-refractivity contribution in [2.24, 2.45) is 9.98 Å². The SMILES string of the molecule is CC(C)(C)Sc1cc(C(F)(F)F)ccc1C=N[C@@H]1CCCC[C@H]1N=Cc1ccc(C(F)(F)F)cc1SC(C)(C)C. The van der Waals surface area contributed by atoms with Gasteiger partial charge in [-0.1, -0.05) is 66.5 Å². The predicted molar refractivity (Wildman–Crippen MR) is 155 cm³/mol. The number of hydrogen-bond acceptors (Lipinski definition) is 4. The van der Waals surface area contributed by atoms with Crippen molar-refractivity contribution < 1.29 is 26.3 Å². The number of benzene rings is 2. The van der Waals surface area contributed by atoms with Gasteiger partial charge in [-0.15, -0.1) is 23.5 Å². The highest BCUT2D eigenvalue weighted by atomic mass is 32.2. The quantitative estimate of drug-likeness (QED) is 0.187. The smallest absolute Gasteiger partial charge is 0.287 e. The van der Waals surface area contributed by atoms with Gasteiger partial charge in [0.2, 0.25) is 0 Å². The largest absolute Gasteiger partial charge is 0.416 e. The predicted octanol–water partition coefficient (Wildman–Crippen LogP) is 10.4. The van der Waals surface area contributed by atoms with E-state index in [1.165, 1.54) is 47.8 Å². The third-order valence-corrected chi connectivity index (χ3v) is 8.39. The van der Waals surface area contributed by atoms with Crippen molar-refractivity contribution in [3.63, 3.8) is 0 Å². The highest BCUT2D eigenvalue weighted by molar-refractivity contribution is 8.01. The third kappa shape index (κ3) is 9.86. The van der Waals surface area contributed by atoms with Crippen LogP contribution in [-0.2, 0) is 12.4 Å². The van der Waals surface area contributed by atoms with Crippen molar-refractivity contribution in [3.8, 4) is 0 Å². The second kappa shape index (κ2) is 12.5. The first-order valence-corrected chi connectivity index (χ1v) is 14.8. The van der Waals surface area contributed by atoms with E-state index in [1.54, 1.807) is 12.4 Å². The molecule has 0 N–H and O–H groups in total. The minimum absolute atomic E-state index is 0.173. The number of halogens is 6. The fourth-order valence-electron chi connectivity index (χ4n) is 4.26. The summed E-state index contributed by atoms with van der Waals surface area (Å²) in [5, 5.41) is 0. The van der Waals surface area contributed by atoms with Crippen molar-refractivity contribution in [2.75, 3.05) is 0 Å². The van der Waals surface area contributed by atoms with Crippen LogP contribution in [0.25, 0.3) is 0 Å². The molecular formula is C30H36F6N2S2. The van der Waals surface area contributed by atoms with Crippen LogP contribution >= 0.6 is 23.5 Å². The van der Waals surface area contributed by atoms with Crippen LogP contribution in [0.4, 0.5) is 26.3 Å². The van der Waals surface area contributed by atoms with Crippen LogP contribution in [0, 0.1) is 0 Å². The third-order valence-electron chi connectivity index (χ3n) is 6.02. The lowest BCUT2D eigenvalue weighted by Crippen LogP contribution is -2.27. The average molecular weight is 603 g/mol. The standard InChI is InChI=1S/C30H36F6N2S2/c1-27(2,3)39-25-15-21(29(31,32)33)13-11-19(25)17-37-23-9-7-8-10-24(23)38-18-20-12-14-22(30(34,35)36)16-26(20)40-28(4,5)6/h11-18,23-24H,7-10H2,1-6H3/t23-,24-/m1/s1. The molecule has 0 aliphatic heterocycles. The zero-order valence-electron chi connectivity index (χ0n) is 23.6. The molecule has 0 spiro atoms. The Hall–Kier alpha value is -1.94. The number of hydrogen-bond donors (Lipinski definition) is 0. The molecule has 2 aromatic carbocycles. The Kier molecular flexibility index (Phi) is 10.2. The molecule has 0 saturated heterocycles. The van der Waals surface area contributed by atoms with E-state index in [-0.39, 0.29) is 21.6 Å². The zero-order valence-corrected chi connectivity index (χ0v) is 25.2. The van der Waals surface area contributed by atoms with Crippen LogP contribution in [0.2, 0.25) is 0 Å². The zero-order chi connectivity index (χ0) is 29.9. The summed E-state index contributed by atoms with van der Waals surface area (Å²) in [7, 11) is 0. The van der Waals surface area contributed by atoms with E-state index < -0.39 is 23.5 Å². The Balaban J connectivity index is 1.90. The molecule has 220 valence electrons. The monoisotopic (exact) mass is 602 g/mol. The van der Waals surface area contributed by atoms with Crippen LogP contribution in [0.15, 0.2) is 56.2 Å². The first-order valence-electron chi connectivity index (χ1n) is 13.2. The second-order valence-electron chi connectivity index (χ2n) is 11.9. The molecule has 1 aliphatic carbocycles. The number of thioether (sulfide) groups is 2. The molecule has 1 fully saturated rings. The van der Waals surface area contributed by atoms with Crippen LogP contribution in [-0.4, -0.2) is 34.0 Å². The lowest BCUT2D eigenvalue weighted by molar-refractivity contribution is -0.138. The molecular weight excluding hydrogens is 566 g/mol. The van der Waals surface area contributed by atoms with Crippen LogP contribution in [0.3, 0.4) is 0 Å². The summed E-state index contributed by atoms with van der Waals surface area (Å²) < 4.78 is 79.6. The van der Waals surface area contributed by atoms with Gasteiger partial charge < -0.3 is 0 Å². The van der Waals surface area contributed by atoms with E-state index in [2.05, 4.69) is 0 Å². The molecule has 2 aromatic rings. The molecule has 0 bridgehead atoms. The summed E-state index contributed by atoms with van der Waals surface area (Å²) in [5.74, 6) is 0. The summed E-state index contributed by atoms with van der Waals surface area (Å²) in [6.07, 6.45) is -2.12. The van der Waals surface area contributed by atoms with Gasteiger partial charge in [-0.25, -0.2) is 0 Å². The minimum atomic E-state index is -4.44. The Morgan fingerprint density at radius 2 is 0.975 bits per heavy atom. The lowest BCUT2D eigenvalue weighted by atomic mass is 9.91. The number of alkyl halides is 6. The van der Waals surface area contributed by atoms with Gasteiger partial charge in [0.25, 0.3) is 0 Å². The summed E-state index contributed by atoms with van der Waals surface area (Å²) >= 11 is 2.72. The summed E-state index contributed by atoms with van der Waals surface area (Å²) in [5.41, 5.74) is -0.158. The number of nitrogens with zero attached hydrogens (tertiary/aromatic N) is 2. The van der Waals surface area contributed by atoms with E-state index in [1.807, 2.05) is 41.5 Å². The maximum atomic E-state index is 13.4. The second-order valence-corrected chi connectivity index (χ2v) is 15.6. The van der Waals surface area contributed by atoms with E-state index in [0.29, 0.717) is 20.9 Å². The Morgan fingerprint density at radius 1 is 0.625 bits per heavy atom. The van der Waals surface area contributed by atoms with Crippen molar-refractivity contribution in [3.05, 3.63) is 58.7 Å². The van der Waals surface area contributed by atoms with Gasteiger partial charge in [0.05, 0.1) is 23.2 Å². The Labute approximate surface area is 241 Å². The van der Waals surface area contributed by atoms with Crippen LogP contribution in [0.5, 0.6) is 0 Å². The molecule has 0 heterocycles. The summed E-state index contributed by atoms with van der Waals surface area (Å²) in [4.78, 5) is 10.6. The van der Waals surface area contributed by atoms with Gasteiger partial charge in [-0.3, -0.25) is 9.98 Å². The molecule has 10 heteroatoms. The maximum absolute atomic E-state index is 13.4. The first kappa shape index (κ1) is 32.6. The number of rotatable bonds is 6. The molecule has 0 amide bonds. The van der Waals surface area contributed by atoms with E-state index in [9.17, 15) is 26.3 Å². The van der Waals surface area contributed by atoms with Gasteiger partial charge in [0, 0.05) is 42.8 Å². The van der Waals surface area contributed by atoms with Crippen molar-refractivity contribution >= 4 is 36.0 Å². The topological polar surface area (TPSA) is 24.7 Å². The fraction of sp³-hybridized carbons (Fsp3) is 0.533. The summed E-state index contributed by atoms with van der Waals surface area (Å²) in [6, 6.07) is 7.06. The lowest BCUT2D eigenvalue weighted by Gasteiger charge is -2.26. The van der Waals surface area contributed by atoms with Crippen LogP contribution < -0.4 is 0 Å². The molecule has 0 radical (unpaired) electrons. The van der Waals surface area contributed by atoms with E-state index in [0.717, 1.165) is 37.8 Å². The molecule has 1 aliphatic rings. The minimum Gasteiger partial charge on any atom is -0.287 e. The van der Waals surface area contributed by atoms with Crippen molar-refractivity contribution in [1.82, 2.24) is 0 Å². The van der Waals surface area contributed by atoms with Crippen LogP contribution in [0.1, 0.15) is 89.5 Å². The Morgan fingerprint density at radius 3 is 1.27 bits per heavy atom. The normalized spacial score (nSPS) is 19.6. The molecule has 3 rings (SSSR count). The first-order chi connectivity index (χ1) is 18.3. The molecule has 1 saturated carbocycles. The summed E-state index contributed by atoms with van der Waals surface area (Å²) in [6.45, 7) is 11.7. The van der Waals surface area contributed by atoms with E-state index in [4.69, 9.17) is 9.98 Å². The van der Waals surface area contributed by atoms with Crippen molar-refractivity contribution in [1.29, 1.82) is 0 Å². The maximum Gasteiger partial charge on any atom is 0.416 e. The van der Waals surface area contributed by atoms with E-state index >= 15 is 0 Å². The van der Waals surface area contributed by atoms with Gasteiger partial charge in [0.15, 0.2) is 0 Å². The van der Waals surface area contributed by atoms with Gasteiger partial charge in [-0.2, -0.15) is 26.3 Å². The molecule has 0 aromatic heterocycles. The molecule has 0 unspecified atom stereocenters. The highest BCUT2D eigenvalue weighted by Gasteiger charge is 2.33. The van der Waals surface area contributed by atoms with Gasteiger partial charge in [0.1, 0.15) is 0 Å². The average Bonchev–Trinajstić information content (AvgIpc) is 2.79. The molecule has 40 heavy (non-hydrogen) atoms. The van der Waals surface area contributed by atoms with Gasteiger partial charge in [-0.05, 0) is 37.1 Å².